The van der Waals surface area contributed by atoms with E-state index in [-0.39, 0.29) is 6.10 Å². The molecule has 1 aliphatic rings. The van der Waals surface area contributed by atoms with E-state index in [0.29, 0.717) is 37.2 Å². The number of ether oxygens (including phenoxy) is 1. The lowest BCUT2D eigenvalue weighted by atomic mass is 10.1. The number of likely N-dealkylation sites (tertiary alicyclic amines) is 1. The molecule has 1 saturated heterocycles. The van der Waals surface area contributed by atoms with Crippen LogP contribution < -0.4 is 4.74 Å². The molecule has 1 aromatic carbocycles. The van der Waals surface area contributed by atoms with Crippen LogP contribution in [0.4, 0.5) is 13.2 Å². The first-order valence-electron chi connectivity index (χ1n) is 6.43. The highest BCUT2D eigenvalue weighted by atomic mass is 19.4. The zero-order chi connectivity index (χ0) is 14.6. The summed E-state index contributed by atoms with van der Waals surface area (Å²) in [5.41, 5.74) is 0.449. The number of para-hydroxylation sites is 1. The monoisotopic (exact) mass is 284 g/mol. The van der Waals surface area contributed by atoms with Crippen molar-refractivity contribution in [3.63, 3.8) is 0 Å². The Morgan fingerprint density at radius 1 is 1.25 bits per heavy atom. The topological polar surface area (TPSA) is 36.3 Å². The molecule has 2 rings (SSSR count). The molecular formula is C14H15F3N2O. The third kappa shape index (κ3) is 4.14. The van der Waals surface area contributed by atoms with Gasteiger partial charge in [0.2, 0.25) is 0 Å². The van der Waals surface area contributed by atoms with E-state index in [1.54, 1.807) is 24.3 Å². The van der Waals surface area contributed by atoms with Gasteiger partial charge in [0.1, 0.15) is 17.9 Å². The van der Waals surface area contributed by atoms with Crippen molar-refractivity contribution < 1.29 is 17.9 Å². The van der Waals surface area contributed by atoms with Gasteiger partial charge in [-0.1, -0.05) is 12.1 Å². The van der Waals surface area contributed by atoms with Crippen molar-refractivity contribution in [2.45, 2.75) is 25.1 Å². The number of nitrogens with zero attached hydrogens (tertiary/aromatic N) is 2. The van der Waals surface area contributed by atoms with Crippen LogP contribution in [0.15, 0.2) is 24.3 Å². The maximum Gasteiger partial charge on any atom is 0.401 e. The zero-order valence-electron chi connectivity index (χ0n) is 10.9. The van der Waals surface area contributed by atoms with Gasteiger partial charge < -0.3 is 4.74 Å². The van der Waals surface area contributed by atoms with Crippen LogP contribution in [-0.4, -0.2) is 36.8 Å². The smallest absolute Gasteiger partial charge is 0.401 e. The molecule has 0 atom stereocenters. The molecule has 0 amide bonds. The summed E-state index contributed by atoms with van der Waals surface area (Å²) in [4.78, 5) is 1.38. The minimum atomic E-state index is -4.15. The Kier molecular flexibility index (Phi) is 4.50. The van der Waals surface area contributed by atoms with Gasteiger partial charge in [-0.2, -0.15) is 18.4 Å². The Bertz CT molecular complexity index is 488. The number of alkyl halides is 3. The second kappa shape index (κ2) is 6.14. The Hall–Kier alpha value is -1.74. The van der Waals surface area contributed by atoms with Crippen molar-refractivity contribution in [1.29, 1.82) is 5.26 Å². The molecule has 1 heterocycles. The lowest BCUT2D eigenvalue weighted by Gasteiger charge is -2.32. The van der Waals surface area contributed by atoms with Crippen molar-refractivity contribution >= 4 is 0 Å². The zero-order valence-corrected chi connectivity index (χ0v) is 10.9. The van der Waals surface area contributed by atoms with Gasteiger partial charge in [-0.05, 0) is 25.0 Å². The lowest BCUT2D eigenvalue weighted by Crippen LogP contribution is -2.42. The van der Waals surface area contributed by atoms with E-state index < -0.39 is 12.7 Å². The Balaban J connectivity index is 1.87. The van der Waals surface area contributed by atoms with Gasteiger partial charge >= 0.3 is 6.18 Å². The van der Waals surface area contributed by atoms with Crippen molar-refractivity contribution in [3.05, 3.63) is 29.8 Å². The molecule has 0 spiro atoms. The van der Waals surface area contributed by atoms with Crippen molar-refractivity contribution in [3.8, 4) is 11.8 Å². The maximum absolute atomic E-state index is 12.3. The summed E-state index contributed by atoms with van der Waals surface area (Å²) in [5.74, 6) is 0.504. The fraction of sp³-hybridized carbons (Fsp3) is 0.500. The predicted octanol–water partition coefficient (Wildman–Crippen LogP) is 2.96. The number of halogens is 3. The number of piperidine rings is 1. The van der Waals surface area contributed by atoms with Crippen LogP contribution >= 0.6 is 0 Å². The Labute approximate surface area is 115 Å². The fourth-order valence-corrected chi connectivity index (χ4v) is 2.28. The van der Waals surface area contributed by atoms with Gasteiger partial charge in [0.15, 0.2) is 0 Å². The molecule has 0 aliphatic carbocycles. The van der Waals surface area contributed by atoms with Gasteiger partial charge in [0, 0.05) is 13.1 Å². The first kappa shape index (κ1) is 14.7. The summed E-state index contributed by atoms with van der Waals surface area (Å²) >= 11 is 0. The van der Waals surface area contributed by atoms with Gasteiger partial charge in [0.25, 0.3) is 0 Å². The molecule has 0 unspecified atom stereocenters. The van der Waals surface area contributed by atoms with Crippen molar-refractivity contribution in [2.24, 2.45) is 0 Å². The standard InChI is InChI=1S/C14H15F3N2O/c15-14(16,17)10-19-7-5-12(6-8-19)20-13-4-2-1-3-11(13)9-18/h1-4,12H,5-8,10H2. The second-order valence-electron chi connectivity index (χ2n) is 4.82. The maximum atomic E-state index is 12.3. The molecule has 6 heteroatoms. The van der Waals surface area contributed by atoms with E-state index in [1.807, 2.05) is 6.07 Å². The summed E-state index contributed by atoms with van der Waals surface area (Å²) in [7, 11) is 0. The van der Waals surface area contributed by atoms with E-state index in [2.05, 4.69) is 0 Å². The number of benzene rings is 1. The molecule has 0 saturated carbocycles. The summed E-state index contributed by atoms with van der Waals surface area (Å²) < 4.78 is 42.5. The number of rotatable bonds is 3. The highest BCUT2D eigenvalue weighted by Gasteiger charge is 2.32. The van der Waals surface area contributed by atoms with Gasteiger partial charge in [-0.25, -0.2) is 0 Å². The predicted molar refractivity (Wildman–Crippen MR) is 67.3 cm³/mol. The second-order valence-corrected chi connectivity index (χ2v) is 4.82. The highest BCUT2D eigenvalue weighted by molar-refractivity contribution is 5.42. The van der Waals surface area contributed by atoms with Crippen LogP contribution in [0.1, 0.15) is 18.4 Å². The van der Waals surface area contributed by atoms with Crippen LogP contribution in [0.5, 0.6) is 5.75 Å². The van der Waals surface area contributed by atoms with Crippen LogP contribution in [0, 0.1) is 11.3 Å². The molecule has 0 bridgehead atoms. The minimum absolute atomic E-state index is 0.131. The van der Waals surface area contributed by atoms with Crippen LogP contribution in [-0.2, 0) is 0 Å². The molecule has 1 aromatic rings. The quantitative estimate of drug-likeness (QED) is 0.856. The first-order chi connectivity index (χ1) is 9.48. The Morgan fingerprint density at radius 2 is 1.90 bits per heavy atom. The summed E-state index contributed by atoms with van der Waals surface area (Å²) in [6, 6.07) is 8.93. The van der Waals surface area contributed by atoms with E-state index in [4.69, 9.17) is 10.00 Å². The summed E-state index contributed by atoms with van der Waals surface area (Å²) in [6.07, 6.45) is -3.21. The largest absolute Gasteiger partial charge is 0.489 e. The minimum Gasteiger partial charge on any atom is -0.489 e. The number of hydrogen-bond donors (Lipinski definition) is 0. The van der Waals surface area contributed by atoms with Crippen LogP contribution in [0.25, 0.3) is 0 Å². The van der Waals surface area contributed by atoms with Gasteiger partial charge in [0.05, 0.1) is 12.1 Å². The molecule has 108 valence electrons. The molecule has 0 aromatic heterocycles. The SMILES string of the molecule is N#Cc1ccccc1OC1CCN(CC(F)(F)F)CC1. The third-order valence-electron chi connectivity index (χ3n) is 3.24. The van der Waals surface area contributed by atoms with Crippen LogP contribution in [0.2, 0.25) is 0 Å². The first-order valence-corrected chi connectivity index (χ1v) is 6.43. The third-order valence-corrected chi connectivity index (χ3v) is 3.24. The molecule has 0 radical (unpaired) electrons. The van der Waals surface area contributed by atoms with Crippen molar-refractivity contribution in [2.75, 3.05) is 19.6 Å². The van der Waals surface area contributed by atoms with Crippen molar-refractivity contribution in [1.82, 2.24) is 4.90 Å². The lowest BCUT2D eigenvalue weighted by molar-refractivity contribution is -0.149. The normalized spacial score (nSPS) is 17.7. The molecule has 1 aliphatic heterocycles. The highest BCUT2D eigenvalue weighted by Crippen LogP contribution is 2.24. The average molecular weight is 284 g/mol. The average Bonchev–Trinajstić information content (AvgIpc) is 2.40. The summed E-state index contributed by atoms with van der Waals surface area (Å²) in [5, 5.41) is 8.95. The Morgan fingerprint density at radius 3 is 2.50 bits per heavy atom. The van der Waals surface area contributed by atoms with E-state index in [0.717, 1.165) is 0 Å². The summed E-state index contributed by atoms with van der Waals surface area (Å²) in [6.45, 7) is -0.147. The molecule has 20 heavy (non-hydrogen) atoms. The van der Waals surface area contributed by atoms with Crippen LogP contribution in [0.3, 0.4) is 0 Å². The molecule has 1 fully saturated rings. The number of nitriles is 1. The number of hydrogen-bond acceptors (Lipinski definition) is 3. The fourth-order valence-electron chi connectivity index (χ4n) is 2.28. The van der Waals surface area contributed by atoms with E-state index in [1.165, 1.54) is 4.90 Å². The van der Waals surface area contributed by atoms with E-state index in [9.17, 15) is 13.2 Å². The molecular weight excluding hydrogens is 269 g/mol. The molecule has 3 nitrogen and oxygen atoms in total. The molecule has 0 N–H and O–H groups in total. The van der Waals surface area contributed by atoms with Gasteiger partial charge in [-0.3, -0.25) is 4.90 Å². The van der Waals surface area contributed by atoms with E-state index >= 15 is 0 Å². The van der Waals surface area contributed by atoms with Gasteiger partial charge in [-0.15, -0.1) is 0 Å².